The molecule has 0 spiro atoms. The van der Waals surface area contributed by atoms with E-state index < -0.39 is 0 Å². The molecule has 0 saturated carbocycles. The number of aromatic nitrogens is 3. The largest absolute Gasteiger partial charge is 0.494 e. The Labute approximate surface area is 191 Å². The first-order chi connectivity index (χ1) is 15.4. The second-order valence-electron chi connectivity index (χ2n) is 7.30. The SMILES string of the molecule is CCOc1ccc(-n2nc3cc(C)c(NC(=S)NC(=O)c4ccccc4C)cc3n2)cc1. The minimum absolute atomic E-state index is 0.222. The van der Waals surface area contributed by atoms with Crippen LogP contribution in [0.4, 0.5) is 5.69 Å². The molecule has 3 aromatic carbocycles. The minimum Gasteiger partial charge on any atom is -0.494 e. The molecule has 1 amide bonds. The van der Waals surface area contributed by atoms with Gasteiger partial charge >= 0.3 is 0 Å². The van der Waals surface area contributed by atoms with E-state index >= 15 is 0 Å². The predicted octanol–water partition coefficient (Wildman–Crippen LogP) is 4.56. The van der Waals surface area contributed by atoms with Crippen molar-refractivity contribution in [2.75, 3.05) is 11.9 Å². The van der Waals surface area contributed by atoms with Gasteiger partial charge in [-0.2, -0.15) is 4.80 Å². The molecular weight excluding hydrogens is 422 g/mol. The molecule has 0 aliphatic rings. The highest BCUT2D eigenvalue weighted by atomic mass is 32.1. The van der Waals surface area contributed by atoms with Crippen LogP contribution in [0.15, 0.2) is 60.7 Å². The first-order valence-electron chi connectivity index (χ1n) is 10.2. The average molecular weight is 446 g/mol. The molecule has 7 nitrogen and oxygen atoms in total. The van der Waals surface area contributed by atoms with Crippen molar-refractivity contribution >= 4 is 40.0 Å². The summed E-state index contributed by atoms with van der Waals surface area (Å²) >= 11 is 5.36. The van der Waals surface area contributed by atoms with Gasteiger partial charge in [-0.05, 0) is 86.6 Å². The Morgan fingerprint density at radius 1 is 1.00 bits per heavy atom. The fraction of sp³-hybridized carbons (Fsp3) is 0.167. The number of amides is 1. The van der Waals surface area contributed by atoms with Gasteiger partial charge in [-0.3, -0.25) is 10.1 Å². The highest BCUT2D eigenvalue weighted by Crippen LogP contribution is 2.23. The van der Waals surface area contributed by atoms with Gasteiger partial charge in [0.25, 0.3) is 5.91 Å². The predicted molar refractivity (Wildman–Crippen MR) is 130 cm³/mol. The number of rotatable bonds is 5. The van der Waals surface area contributed by atoms with Crippen LogP contribution in [0.1, 0.15) is 28.4 Å². The molecule has 0 radical (unpaired) electrons. The lowest BCUT2D eigenvalue weighted by Crippen LogP contribution is -2.34. The van der Waals surface area contributed by atoms with E-state index in [2.05, 4.69) is 20.8 Å². The zero-order valence-electron chi connectivity index (χ0n) is 18.0. The van der Waals surface area contributed by atoms with Crippen LogP contribution in [0, 0.1) is 13.8 Å². The summed E-state index contributed by atoms with van der Waals surface area (Å²) in [6.45, 7) is 6.40. The van der Waals surface area contributed by atoms with Crippen molar-refractivity contribution in [2.24, 2.45) is 0 Å². The first-order valence-corrected chi connectivity index (χ1v) is 10.6. The average Bonchev–Trinajstić information content (AvgIpc) is 3.17. The van der Waals surface area contributed by atoms with Gasteiger partial charge in [0.2, 0.25) is 0 Å². The third kappa shape index (κ3) is 4.60. The van der Waals surface area contributed by atoms with Gasteiger partial charge in [0.1, 0.15) is 16.8 Å². The van der Waals surface area contributed by atoms with Crippen LogP contribution in [0.2, 0.25) is 0 Å². The van der Waals surface area contributed by atoms with Crippen molar-refractivity contribution in [3.05, 3.63) is 77.4 Å². The lowest BCUT2D eigenvalue weighted by Gasteiger charge is -2.12. The zero-order valence-corrected chi connectivity index (χ0v) is 18.9. The molecule has 0 aliphatic carbocycles. The van der Waals surface area contributed by atoms with Gasteiger partial charge in [0.15, 0.2) is 5.11 Å². The molecule has 4 rings (SSSR count). The topological polar surface area (TPSA) is 81.1 Å². The maximum absolute atomic E-state index is 12.5. The van der Waals surface area contributed by atoms with Crippen molar-refractivity contribution in [1.82, 2.24) is 20.3 Å². The normalized spacial score (nSPS) is 10.7. The second kappa shape index (κ2) is 9.15. The fourth-order valence-electron chi connectivity index (χ4n) is 3.31. The van der Waals surface area contributed by atoms with Crippen molar-refractivity contribution in [1.29, 1.82) is 0 Å². The van der Waals surface area contributed by atoms with Crippen molar-refractivity contribution < 1.29 is 9.53 Å². The van der Waals surface area contributed by atoms with E-state index in [0.717, 1.165) is 33.8 Å². The van der Waals surface area contributed by atoms with Crippen LogP contribution < -0.4 is 15.4 Å². The summed E-state index contributed by atoms with van der Waals surface area (Å²) in [6, 6.07) is 18.8. The Morgan fingerprint density at radius 2 is 1.69 bits per heavy atom. The summed E-state index contributed by atoms with van der Waals surface area (Å²) in [4.78, 5) is 14.1. The standard InChI is InChI=1S/C24H23N5O2S/c1-4-31-18-11-9-17(10-12-18)29-27-21-13-16(3)20(14-22(21)28-29)25-24(32)26-23(30)19-8-6-5-7-15(19)2/h5-14H,4H2,1-3H3,(H2,25,26,30,32). The molecule has 4 aromatic rings. The van der Waals surface area contributed by atoms with Gasteiger partial charge in [-0.1, -0.05) is 18.2 Å². The number of nitrogens with one attached hydrogen (secondary N) is 2. The van der Waals surface area contributed by atoms with Gasteiger partial charge in [-0.15, -0.1) is 10.2 Å². The number of fused-ring (bicyclic) bond motifs is 1. The molecule has 162 valence electrons. The Morgan fingerprint density at radius 3 is 2.38 bits per heavy atom. The van der Waals surface area contributed by atoms with Gasteiger partial charge < -0.3 is 10.1 Å². The summed E-state index contributed by atoms with van der Waals surface area (Å²) in [5.74, 6) is 0.553. The van der Waals surface area contributed by atoms with E-state index in [0.29, 0.717) is 17.7 Å². The third-order valence-electron chi connectivity index (χ3n) is 4.97. The summed E-state index contributed by atoms with van der Waals surface area (Å²) < 4.78 is 5.49. The summed E-state index contributed by atoms with van der Waals surface area (Å²) in [6.07, 6.45) is 0. The van der Waals surface area contributed by atoms with Gasteiger partial charge in [0, 0.05) is 11.3 Å². The van der Waals surface area contributed by atoms with Crippen molar-refractivity contribution in [3.8, 4) is 11.4 Å². The first kappa shape index (κ1) is 21.5. The van der Waals surface area contributed by atoms with Crippen LogP contribution >= 0.6 is 12.2 Å². The highest BCUT2D eigenvalue weighted by Gasteiger charge is 2.13. The van der Waals surface area contributed by atoms with E-state index in [1.54, 1.807) is 10.9 Å². The molecule has 1 aromatic heterocycles. The number of nitrogens with zero attached hydrogens (tertiary/aromatic N) is 3. The molecule has 2 N–H and O–H groups in total. The smallest absolute Gasteiger partial charge is 0.257 e. The number of aryl methyl sites for hydroxylation is 2. The quantitative estimate of drug-likeness (QED) is 0.438. The fourth-order valence-corrected chi connectivity index (χ4v) is 3.51. The Balaban J connectivity index is 1.52. The number of anilines is 1. The van der Waals surface area contributed by atoms with Crippen LogP contribution in [0.5, 0.6) is 5.75 Å². The van der Waals surface area contributed by atoms with Crippen LogP contribution in [-0.4, -0.2) is 32.6 Å². The molecule has 0 fully saturated rings. The Bertz CT molecular complexity index is 1300. The minimum atomic E-state index is -0.249. The molecule has 0 atom stereocenters. The summed E-state index contributed by atoms with van der Waals surface area (Å²) in [5, 5.41) is 15.2. The lowest BCUT2D eigenvalue weighted by molar-refractivity contribution is 0.0977. The highest BCUT2D eigenvalue weighted by molar-refractivity contribution is 7.80. The Hall–Kier alpha value is -3.78. The molecule has 0 bridgehead atoms. The van der Waals surface area contributed by atoms with E-state index in [9.17, 15) is 4.79 Å². The molecule has 0 aliphatic heterocycles. The number of hydrogen-bond donors (Lipinski definition) is 2. The molecular formula is C24H23N5O2S. The second-order valence-corrected chi connectivity index (χ2v) is 7.70. The van der Waals surface area contributed by atoms with Crippen LogP contribution in [-0.2, 0) is 0 Å². The number of carbonyl (C=O) groups is 1. The molecule has 8 heteroatoms. The Kier molecular flexibility index (Phi) is 6.13. The molecule has 0 saturated heterocycles. The number of carbonyl (C=O) groups excluding carboxylic acids is 1. The third-order valence-corrected chi connectivity index (χ3v) is 5.17. The van der Waals surface area contributed by atoms with Crippen molar-refractivity contribution in [2.45, 2.75) is 20.8 Å². The molecule has 1 heterocycles. The number of benzene rings is 3. The monoisotopic (exact) mass is 445 g/mol. The van der Waals surface area contributed by atoms with Crippen LogP contribution in [0.25, 0.3) is 16.7 Å². The maximum atomic E-state index is 12.5. The number of hydrogen-bond acceptors (Lipinski definition) is 5. The van der Waals surface area contributed by atoms with Crippen molar-refractivity contribution in [3.63, 3.8) is 0 Å². The van der Waals surface area contributed by atoms with Crippen LogP contribution in [0.3, 0.4) is 0 Å². The van der Waals surface area contributed by atoms with Gasteiger partial charge in [0.05, 0.1) is 12.3 Å². The van der Waals surface area contributed by atoms with Gasteiger partial charge in [-0.25, -0.2) is 0 Å². The van der Waals surface area contributed by atoms with E-state index in [1.165, 1.54) is 0 Å². The maximum Gasteiger partial charge on any atom is 0.257 e. The van der Waals surface area contributed by atoms with E-state index in [1.807, 2.05) is 75.4 Å². The molecule has 32 heavy (non-hydrogen) atoms. The number of ether oxygens (including phenoxy) is 1. The summed E-state index contributed by atoms with van der Waals surface area (Å²) in [5.41, 5.74) is 5.46. The zero-order chi connectivity index (χ0) is 22.7. The summed E-state index contributed by atoms with van der Waals surface area (Å²) in [7, 11) is 0. The number of thiocarbonyl (C=S) groups is 1. The lowest BCUT2D eigenvalue weighted by atomic mass is 10.1. The van der Waals surface area contributed by atoms with E-state index in [4.69, 9.17) is 17.0 Å². The molecule has 0 unspecified atom stereocenters. The van der Waals surface area contributed by atoms with E-state index in [-0.39, 0.29) is 11.0 Å².